The summed E-state index contributed by atoms with van der Waals surface area (Å²) in [5, 5.41) is -0.310. The minimum absolute atomic E-state index is 0.0700. The number of imidazole rings is 1. The van der Waals surface area contributed by atoms with Crippen molar-refractivity contribution in [3.8, 4) is 11.5 Å². The number of thioether (sulfide) groups is 1. The number of aromatic nitrogens is 2. The maximum Gasteiger partial charge on any atom is 0.263 e. The molecule has 0 aliphatic carbocycles. The number of nitrogens with zero attached hydrogens (tertiary/aromatic N) is 3. The van der Waals surface area contributed by atoms with Crippen molar-refractivity contribution in [2.75, 3.05) is 26.5 Å². The van der Waals surface area contributed by atoms with Crippen LogP contribution in [-0.2, 0) is 10.0 Å². The van der Waals surface area contributed by atoms with E-state index in [4.69, 9.17) is 9.47 Å². The molecule has 1 fully saturated rings. The number of hydrogen-bond acceptors (Lipinski definition) is 6. The number of rotatable bonds is 6. The molecule has 1 unspecified atom stereocenters. The van der Waals surface area contributed by atoms with Crippen molar-refractivity contribution in [1.29, 1.82) is 0 Å². The van der Waals surface area contributed by atoms with Crippen molar-refractivity contribution in [2.45, 2.75) is 30.3 Å². The Morgan fingerprint density at radius 3 is 2.65 bits per heavy atom. The molecular weight excluding hydrogens is 374 g/mol. The monoisotopic (exact) mass is 397 g/mol. The molecule has 0 spiro atoms. The van der Waals surface area contributed by atoms with Crippen LogP contribution in [0.4, 0.5) is 0 Å². The number of methoxy groups -OCH3 is 2. The van der Waals surface area contributed by atoms with E-state index in [1.54, 1.807) is 55.2 Å². The fraction of sp³-hybridized carbons (Fsp3) is 0.471. The second-order valence-electron chi connectivity index (χ2n) is 6.20. The van der Waals surface area contributed by atoms with Crippen molar-refractivity contribution in [3.05, 3.63) is 36.3 Å². The quantitative estimate of drug-likeness (QED) is 0.746. The van der Waals surface area contributed by atoms with Crippen LogP contribution in [0.2, 0.25) is 0 Å². The molecule has 26 heavy (non-hydrogen) atoms. The molecule has 3 rings (SSSR count). The number of hydrogen-bond donors (Lipinski definition) is 0. The van der Waals surface area contributed by atoms with Gasteiger partial charge in [-0.3, -0.25) is 0 Å². The van der Waals surface area contributed by atoms with Gasteiger partial charge in [0.2, 0.25) is 0 Å². The highest BCUT2D eigenvalue weighted by Gasteiger charge is 2.39. The average molecular weight is 398 g/mol. The van der Waals surface area contributed by atoms with Gasteiger partial charge in [0.25, 0.3) is 10.0 Å². The average Bonchev–Trinajstić information content (AvgIpc) is 3.31. The zero-order valence-corrected chi connectivity index (χ0v) is 16.9. The van der Waals surface area contributed by atoms with Crippen molar-refractivity contribution in [2.24, 2.45) is 0 Å². The maximum atomic E-state index is 13.2. The van der Waals surface area contributed by atoms with Gasteiger partial charge in [0.1, 0.15) is 11.5 Å². The summed E-state index contributed by atoms with van der Waals surface area (Å²) in [6.07, 6.45) is 3.14. The Kier molecular flexibility index (Phi) is 5.50. The molecule has 1 atom stereocenters. The summed E-state index contributed by atoms with van der Waals surface area (Å²) in [7, 11) is -0.548. The van der Waals surface area contributed by atoms with Gasteiger partial charge in [0.05, 0.1) is 25.9 Å². The minimum atomic E-state index is -3.71. The van der Waals surface area contributed by atoms with E-state index in [-0.39, 0.29) is 16.4 Å². The SMILES string of the molecule is COc1ccc(OC)c(C2SCCN2S(=O)(=O)c2cn(C(C)C)cn2)c1. The van der Waals surface area contributed by atoms with Gasteiger partial charge in [0, 0.05) is 30.1 Å². The minimum Gasteiger partial charge on any atom is -0.497 e. The van der Waals surface area contributed by atoms with E-state index in [0.29, 0.717) is 23.8 Å². The lowest BCUT2D eigenvalue weighted by Gasteiger charge is -2.24. The van der Waals surface area contributed by atoms with Crippen molar-refractivity contribution >= 4 is 21.8 Å². The predicted molar refractivity (Wildman–Crippen MR) is 101 cm³/mol. The largest absolute Gasteiger partial charge is 0.497 e. The van der Waals surface area contributed by atoms with Crippen molar-refractivity contribution in [3.63, 3.8) is 0 Å². The molecule has 0 saturated carbocycles. The van der Waals surface area contributed by atoms with Gasteiger partial charge >= 0.3 is 0 Å². The summed E-state index contributed by atoms with van der Waals surface area (Å²) in [5.74, 6) is 2.00. The molecule has 1 saturated heterocycles. The Morgan fingerprint density at radius 1 is 1.27 bits per heavy atom. The zero-order chi connectivity index (χ0) is 18.9. The summed E-state index contributed by atoms with van der Waals surface area (Å²) >= 11 is 1.56. The Hall–Kier alpha value is -1.71. The van der Waals surface area contributed by atoms with Gasteiger partial charge in [0.15, 0.2) is 5.03 Å². The molecule has 0 radical (unpaired) electrons. The molecule has 1 aliphatic rings. The molecule has 1 aliphatic heterocycles. The number of ether oxygens (including phenoxy) is 2. The third kappa shape index (κ3) is 3.43. The molecule has 2 aromatic rings. The first-order valence-electron chi connectivity index (χ1n) is 8.27. The molecular formula is C17H23N3O4S2. The first-order valence-corrected chi connectivity index (χ1v) is 10.8. The predicted octanol–water partition coefficient (Wildman–Crippen LogP) is 2.92. The molecule has 142 valence electrons. The molecule has 9 heteroatoms. The van der Waals surface area contributed by atoms with Gasteiger partial charge < -0.3 is 14.0 Å². The van der Waals surface area contributed by atoms with E-state index in [1.807, 2.05) is 19.9 Å². The normalized spacial score (nSPS) is 18.4. The lowest BCUT2D eigenvalue weighted by Crippen LogP contribution is -2.31. The molecule has 2 heterocycles. The zero-order valence-electron chi connectivity index (χ0n) is 15.2. The van der Waals surface area contributed by atoms with Crippen LogP contribution in [0.3, 0.4) is 0 Å². The van der Waals surface area contributed by atoms with E-state index in [9.17, 15) is 8.42 Å². The van der Waals surface area contributed by atoms with Crippen LogP contribution in [0.25, 0.3) is 0 Å². The summed E-state index contributed by atoms with van der Waals surface area (Å²) in [5.41, 5.74) is 0.779. The topological polar surface area (TPSA) is 73.7 Å². The highest BCUT2D eigenvalue weighted by atomic mass is 32.2. The van der Waals surface area contributed by atoms with Gasteiger partial charge in [-0.05, 0) is 32.0 Å². The molecule has 7 nitrogen and oxygen atoms in total. The maximum absolute atomic E-state index is 13.2. The van der Waals surface area contributed by atoms with Crippen LogP contribution in [0.1, 0.15) is 30.8 Å². The van der Waals surface area contributed by atoms with Crippen LogP contribution in [0.15, 0.2) is 35.7 Å². The molecule has 0 N–H and O–H groups in total. The summed E-state index contributed by atoms with van der Waals surface area (Å²) < 4.78 is 40.4. The smallest absolute Gasteiger partial charge is 0.263 e. The highest BCUT2D eigenvalue weighted by molar-refractivity contribution is 8.01. The van der Waals surface area contributed by atoms with E-state index in [0.717, 1.165) is 5.56 Å². The van der Waals surface area contributed by atoms with Gasteiger partial charge in [-0.25, -0.2) is 13.4 Å². The van der Waals surface area contributed by atoms with Crippen LogP contribution in [-0.4, -0.2) is 48.8 Å². The Labute approximate surface area is 158 Å². The van der Waals surface area contributed by atoms with Crippen molar-refractivity contribution < 1.29 is 17.9 Å². The second kappa shape index (κ2) is 7.50. The third-order valence-corrected chi connectivity index (χ3v) is 7.43. The second-order valence-corrected chi connectivity index (χ2v) is 9.23. The fourth-order valence-corrected chi connectivity index (χ4v) is 6.00. The van der Waals surface area contributed by atoms with Crippen LogP contribution >= 0.6 is 11.8 Å². The highest BCUT2D eigenvalue weighted by Crippen LogP contribution is 2.45. The first kappa shape index (κ1) is 19.1. The summed E-state index contributed by atoms with van der Waals surface area (Å²) in [4.78, 5) is 4.13. The number of benzene rings is 1. The lowest BCUT2D eigenvalue weighted by molar-refractivity contribution is 0.382. The molecule has 1 aromatic heterocycles. The van der Waals surface area contributed by atoms with E-state index in [2.05, 4.69) is 4.98 Å². The van der Waals surface area contributed by atoms with Crippen LogP contribution in [0, 0.1) is 0 Å². The Bertz CT molecular complexity index is 880. The molecule has 1 aromatic carbocycles. The summed E-state index contributed by atoms with van der Waals surface area (Å²) in [6.45, 7) is 4.38. The fourth-order valence-electron chi connectivity index (χ4n) is 2.83. The lowest BCUT2D eigenvalue weighted by atomic mass is 10.2. The van der Waals surface area contributed by atoms with Crippen LogP contribution in [0.5, 0.6) is 11.5 Å². The number of sulfonamides is 1. The van der Waals surface area contributed by atoms with Gasteiger partial charge in [-0.2, -0.15) is 4.31 Å². The van der Waals surface area contributed by atoms with E-state index in [1.165, 1.54) is 4.31 Å². The van der Waals surface area contributed by atoms with Crippen LogP contribution < -0.4 is 9.47 Å². The Morgan fingerprint density at radius 2 is 2.04 bits per heavy atom. The van der Waals surface area contributed by atoms with Gasteiger partial charge in [-0.1, -0.05) is 0 Å². The van der Waals surface area contributed by atoms with E-state index >= 15 is 0 Å². The van der Waals surface area contributed by atoms with E-state index < -0.39 is 10.0 Å². The standard InChI is InChI=1S/C17H23N3O4S2/c1-12(2)19-10-16(18-11-19)26(21,22)20-7-8-25-17(20)14-9-13(23-3)5-6-15(14)24-4/h5-6,9-12,17H,7-8H2,1-4H3. The molecule has 0 amide bonds. The first-order chi connectivity index (χ1) is 12.4. The summed E-state index contributed by atoms with van der Waals surface area (Å²) in [6, 6.07) is 5.57. The Balaban J connectivity index is 2.00. The molecule has 0 bridgehead atoms. The third-order valence-electron chi connectivity index (χ3n) is 4.30. The van der Waals surface area contributed by atoms with Gasteiger partial charge in [-0.15, -0.1) is 11.8 Å². The van der Waals surface area contributed by atoms with Crippen molar-refractivity contribution in [1.82, 2.24) is 13.9 Å².